The highest BCUT2D eigenvalue weighted by molar-refractivity contribution is 6.06. The Morgan fingerprint density at radius 3 is 2.70 bits per heavy atom. The summed E-state index contributed by atoms with van der Waals surface area (Å²) in [6, 6.07) is 4.84. The van der Waals surface area contributed by atoms with Crippen LogP contribution in [0.3, 0.4) is 0 Å². The van der Waals surface area contributed by atoms with E-state index in [-0.39, 0.29) is 17.3 Å². The second-order valence-electron chi connectivity index (χ2n) is 10.6. The standard InChI is InChI=1S/C28H35FN6O2/c1-16-12-23-24(13-18(16)15-35-9-6-19(7-10-35)34(3)4)33-28(37)26-21(5-8-30-27(26)32-23)31-22-14-25(36)17(2)11-20(22)29/h5,8,11,13-14,16,19,36H,6-7,9-10,12,15H2,1-4H3,(H,33,37)(H2,30,31,32). The fourth-order valence-corrected chi connectivity index (χ4v) is 5.37. The minimum Gasteiger partial charge on any atom is -0.508 e. The van der Waals surface area contributed by atoms with E-state index < -0.39 is 5.82 Å². The topological polar surface area (TPSA) is 92.8 Å². The molecule has 5 rings (SSSR count). The van der Waals surface area contributed by atoms with Gasteiger partial charge in [-0.15, -0.1) is 0 Å². The molecule has 1 fully saturated rings. The van der Waals surface area contributed by atoms with Crippen LogP contribution >= 0.6 is 0 Å². The number of aromatic hydroxyl groups is 1. The predicted octanol–water partition coefficient (Wildman–Crippen LogP) is 4.34. The van der Waals surface area contributed by atoms with E-state index in [0.717, 1.165) is 50.3 Å². The number of piperidine rings is 1. The van der Waals surface area contributed by atoms with Gasteiger partial charge >= 0.3 is 0 Å². The van der Waals surface area contributed by atoms with E-state index in [1.807, 2.05) is 0 Å². The molecule has 1 atom stereocenters. The monoisotopic (exact) mass is 506 g/mol. The lowest BCUT2D eigenvalue weighted by Gasteiger charge is -2.37. The molecule has 3 aliphatic rings. The number of nitrogens with zero attached hydrogens (tertiary/aromatic N) is 3. The number of aromatic nitrogens is 1. The molecule has 0 radical (unpaired) electrons. The number of halogens is 1. The first-order valence-electron chi connectivity index (χ1n) is 12.9. The zero-order valence-electron chi connectivity index (χ0n) is 21.9. The summed E-state index contributed by atoms with van der Waals surface area (Å²) < 4.78 is 14.6. The first-order valence-corrected chi connectivity index (χ1v) is 12.9. The van der Waals surface area contributed by atoms with E-state index in [9.17, 15) is 14.3 Å². The molecule has 0 saturated carbocycles. The van der Waals surface area contributed by atoms with Gasteiger partial charge in [0.1, 0.15) is 22.9 Å². The van der Waals surface area contributed by atoms with Gasteiger partial charge in [0, 0.05) is 30.5 Å². The largest absolute Gasteiger partial charge is 0.508 e. The van der Waals surface area contributed by atoms with Crippen LogP contribution in [0.1, 0.15) is 42.1 Å². The molecule has 37 heavy (non-hydrogen) atoms. The highest BCUT2D eigenvalue weighted by atomic mass is 19.1. The predicted molar refractivity (Wildman–Crippen MR) is 143 cm³/mol. The molecule has 2 aromatic rings. The van der Waals surface area contributed by atoms with E-state index in [0.29, 0.717) is 34.6 Å². The van der Waals surface area contributed by atoms with Gasteiger partial charge in [-0.3, -0.25) is 9.69 Å². The number of benzene rings is 1. The average Bonchev–Trinajstić information content (AvgIpc) is 2.99. The zero-order chi connectivity index (χ0) is 26.3. The lowest BCUT2D eigenvalue weighted by Crippen LogP contribution is -2.43. The van der Waals surface area contributed by atoms with Crippen molar-refractivity contribution in [1.29, 1.82) is 0 Å². The molecule has 196 valence electrons. The third-order valence-electron chi connectivity index (χ3n) is 7.74. The Hall–Kier alpha value is -3.43. The fourth-order valence-electron chi connectivity index (χ4n) is 5.37. The molecule has 1 aliphatic carbocycles. The molecule has 1 unspecified atom stereocenters. The van der Waals surface area contributed by atoms with Gasteiger partial charge in [0.05, 0.1) is 17.1 Å². The van der Waals surface area contributed by atoms with Crippen LogP contribution in [0.4, 0.5) is 21.6 Å². The second kappa shape index (κ2) is 10.1. The van der Waals surface area contributed by atoms with Crippen molar-refractivity contribution >= 4 is 23.1 Å². The van der Waals surface area contributed by atoms with Crippen molar-refractivity contribution in [3.63, 3.8) is 0 Å². The maximum atomic E-state index is 14.6. The van der Waals surface area contributed by atoms with Gasteiger partial charge in [-0.2, -0.15) is 0 Å². The van der Waals surface area contributed by atoms with E-state index in [2.05, 4.69) is 57.8 Å². The number of anilines is 3. The van der Waals surface area contributed by atoms with Crippen LogP contribution < -0.4 is 16.0 Å². The molecule has 1 aromatic carbocycles. The number of carbonyl (C=O) groups excluding carboxylic acids is 1. The number of nitrogens with one attached hydrogen (secondary N) is 3. The van der Waals surface area contributed by atoms with Gasteiger partial charge in [0.15, 0.2) is 0 Å². The number of rotatable bonds is 5. The number of pyridine rings is 1. The minimum atomic E-state index is -0.517. The second-order valence-corrected chi connectivity index (χ2v) is 10.6. The van der Waals surface area contributed by atoms with E-state index >= 15 is 0 Å². The normalized spacial score (nSPS) is 20.5. The van der Waals surface area contributed by atoms with Crippen LogP contribution in [-0.2, 0) is 0 Å². The summed E-state index contributed by atoms with van der Waals surface area (Å²) in [5.41, 5.74) is 4.19. The molecular formula is C28H35FN6O2. The van der Waals surface area contributed by atoms with Crippen molar-refractivity contribution in [2.75, 3.05) is 44.4 Å². The number of amides is 1. The fraction of sp³-hybridized carbons (Fsp3) is 0.429. The number of fused-ring (bicyclic) bond motifs is 1. The summed E-state index contributed by atoms with van der Waals surface area (Å²) in [5.74, 6) is -0.129. The average molecular weight is 507 g/mol. The van der Waals surface area contributed by atoms with Gasteiger partial charge in [-0.05, 0) is 83.1 Å². The number of carbonyl (C=O) groups is 1. The first kappa shape index (κ1) is 25.2. The minimum absolute atomic E-state index is 0.0265. The molecule has 1 saturated heterocycles. The SMILES string of the molecule is Cc1cc(F)c(Nc2ccnc3c2C(=O)NC2=C(CC(C)C(CN4CCC(N(C)C)CC4)=C2)N3)cc1O. The van der Waals surface area contributed by atoms with Gasteiger partial charge in [-0.25, -0.2) is 9.37 Å². The molecular weight excluding hydrogens is 471 g/mol. The van der Waals surface area contributed by atoms with E-state index in [1.165, 1.54) is 17.7 Å². The molecule has 1 aromatic heterocycles. The molecule has 0 spiro atoms. The summed E-state index contributed by atoms with van der Waals surface area (Å²) >= 11 is 0. The molecule has 0 bridgehead atoms. The van der Waals surface area contributed by atoms with Gasteiger partial charge in [-0.1, -0.05) is 12.5 Å². The number of hydrogen-bond acceptors (Lipinski definition) is 7. The van der Waals surface area contributed by atoms with Crippen molar-refractivity contribution in [2.24, 2.45) is 5.92 Å². The zero-order valence-corrected chi connectivity index (χ0v) is 21.9. The van der Waals surface area contributed by atoms with E-state index in [1.54, 1.807) is 19.2 Å². The molecule has 8 nitrogen and oxygen atoms in total. The van der Waals surface area contributed by atoms with Crippen LogP contribution in [-0.4, -0.2) is 65.6 Å². The quantitative estimate of drug-likeness (QED) is 0.480. The summed E-state index contributed by atoms with van der Waals surface area (Å²) in [4.78, 5) is 22.6. The molecule has 4 N–H and O–H groups in total. The van der Waals surface area contributed by atoms with Crippen molar-refractivity contribution in [3.05, 3.63) is 64.4 Å². The van der Waals surface area contributed by atoms with Crippen LogP contribution in [0.15, 0.2) is 47.4 Å². The van der Waals surface area contributed by atoms with Crippen LogP contribution in [0.2, 0.25) is 0 Å². The highest BCUT2D eigenvalue weighted by Crippen LogP contribution is 2.36. The number of phenolic OH excluding ortho intramolecular Hbond substituents is 1. The summed E-state index contributed by atoms with van der Waals surface area (Å²) in [7, 11) is 4.30. The summed E-state index contributed by atoms with van der Waals surface area (Å²) in [6.45, 7) is 6.87. The third kappa shape index (κ3) is 5.19. The van der Waals surface area contributed by atoms with Gasteiger partial charge in [0.2, 0.25) is 0 Å². The summed E-state index contributed by atoms with van der Waals surface area (Å²) in [5, 5.41) is 19.5. The van der Waals surface area contributed by atoms with E-state index in [4.69, 9.17) is 0 Å². The number of allylic oxidation sites excluding steroid dienone is 2. The number of hydrogen-bond donors (Lipinski definition) is 4. The number of aryl methyl sites for hydroxylation is 1. The maximum absolute atomic E-state index is 14.6. The Morgan fingerprint density at radius 2 is 1.97 bits per heavy atom. The molecule has 3 heterocycles. The number of phenols is 1. The Morgan fingerprint density at radius 1 is 1.22 bits per heavy atom. The van der Waals surface area contributed by atoms with Crippen molar-refractivity contribution < 1.29 is 14.3 Å². The van der Waals surface area contributed by atoms with Crippen LogP contribution in [0, 0.1) is 18.7 Å². The summed E-state index contributed by atoms with van der Waals surface area (Å²) in [6.07, 6.45) is 6.76. The Labute approximate surface area is 217 Å². The lowest BCUT2D eigenvalue weighted by molar-refractivity contribution is 0.0968. The van der Waals surface area contributed by atoms with Crippen molar-refractivity contribution in [2.45, 2.75) is 39.2 Å². The van der Waals surface area contributed by atoms with Gasteiger partial charge < -0.3 is 26.0 Å². The van der Waals surface area contributed by atoms with Crippen molar-refractivity contribution in [1.82, 2.24) is 20.1 Å². The Kier molecular flexibility index (Phi) is 6.92. The third-order valence-corrected chi connectivity index (χ3v) is 7.74. The highest BCUT2D eigenvalue weighted by Gasteiger charge is 2.30. The Bertz CT molecular complexity index is 1280. The molecule has 9 heteroatoms. The Balaban J connectivity index is 1.37. The lowest BCUT2D eigenvalue weighted by atomic mass is 9.88. The van der Waals surface area contributed by atoms with Crippen LogP contribution in [0.5, 0.6) is 5.75 Å². The van der Waals surface area contributed by atoms with Crippen LogP contribution in [0.25, 0.3) is 0 Å². The maximum Gasteiger partial charge on any atom is 0.261 e. The smallest absolute Gasteiger partial charge is 0.261 e. The van der Waals surface area contributed by atoms with Crippen molar-refractivity contribution in [3.8, 4) is 5.75 Å². The molecule has 1 amide bonds. The van der Waals surface area contributed by atoms with Gasteiger partial charge in [0.25, 0.3) is 5.91 Å². The number of likely N-dealkylation sites (tertiary alicyclic amines) is 1. The first-order chi connectivity index (χ1) is 17.7. The molecule has 2 aliphatic heterocycles.